The van der Waals surface area contributed by atoms with E-state index in [9.17, 15) is 13.2 Å². The van der Waals surface area contributed by atoms with Crippen LogP contribution in [0.15, 0.2) is 12.1 Å². The van der Waals surface area contributed by atoms with Gasteiger partial charge in [0.15, 0.2) is 5.69 Å². The normalized spacial score (nSPS) is 10.8. The van der Waals surface area contributed by atoms with Crippen molar-refractivity contribution in [3.8, 4) is 12.3 Å². The lowest BCUT2D eigenvalue weighted by Crippen LogP contribution is -2.10. The summed E-state index contributed by atoms with van der Waals surface area (Å²) in [6.45, 7) is 0.455. The molecule has 0 fully saturated rings. The van der Waals surface area contributed by atoms with Crippen LogP contribution in [0, 0.1) is 12.3 Å². The smallest absolute Gasteiger partial charge is 0.368 e. The monoisotopic (exact) mass is 215 g/mol. The van der Waals surface area contributed by atoms with Gasteiger partial charge in [0.2, 0.25) is 0 Å². The summed E-state index contributed by atoms with van der Waals surface area (Å²) in [6, 6.07) is 2.08. The second-order valence-corrected chi connectivity index (χ2v) is 2.68. The number of terminal acetylenes is 1. The van der Waals surface area contributed by atoms with E-state index in [1.165, 1.54) is 6.07 Å². The molecule has 0 saturated carbocycles. The summed E-state index contributed by atoms with van der Waals surface area (Å²) in [4.78, 5) is 0. The first-order chi connectivity index (χ1) is 7.04. The quantitative estimate of drug-likeness (QED) is 0.618. The van der Waals surface area contributed by atoms with Crippen LogP contribution in [0.3, 0.4) is 0 Å². The van der Waals surface area contributed by atoms with Crippen molar-refractivity contribution in [1.29, 1.82) is 0 Å². The molecule has 0 aliphatic rings. The average Bonchev–Trinajstić information content (AvgIpc) is 2.18. The molecule has 1 N–H and O–H groups in total. The van der Waals surface area contributed by atoms with Crippen LogP contribution in [0.25, 0.3) is 0 Å². The standard InChI is InChI=1S/C9H8F3N3/c1-2-3-6-13-8-5-4-7(14-15-8)9(10,11)12/h1,4-5H,3,6H2,(H,13,15). The molecule has 0 unspecified atom stereocenters. The fraction of sp³-hybridized carbons (Fsp3) is 0.333. The number of alkyl halides is 3. The van der Waals surface area contributed by atoms with Gasteiger partial charge in [0.25, 0.3) is 0 Å². The Labute approximate surface area is 84.7 Å². The van der Waals surface area contributed by atoms with Gasteiger partial charge < -0.3 is 5.32 Å². The summed E-state index contributed by atoms with van der Waals surface area (Å²) in [5.41, 5.74) is -1.01. The third kappa shape index (κ3) is 3.46. The third-order valence-electron chi connectivity index (χ3n) is 1.53. The Balaban J connectivity index is 2.61. The molecule has 0 atom stereocenters. The zero-order chi connectivity index (χ0) is 11.3. The van der Waals surface area contributed by atoms with E-state index in [0.717, 1.165) is 6.07 Å². The number of hydrogen-bond donors (Lipinski definition) is 1. The molecule has 0 spiro atoms. The number of hydrogen-bond acceptors (Lipinski definition) is 3. The summed E-state index contributed by atoms with van der Waals surface area (Å²) in [6.07, 6.45) is 1.02. The second-order valence-electron chi connectivity index (χ2n) is 2.68. The zero-order valence-electron chi connectivity index (χ0n) is 7.67. The van der Waals surface area contributed by atoms with Crippen molar-refractivity contribution in [1.82, 2.24) is 10.2 Å². The molecule has 1 rings (SSSR count). The van der Waals surface area contributed by atoms with Gasteiger partial charge in [0.05, 0.1) is 0 Å². The molecule has 1 aromatic rings. The minimum absolute atomic E-state index is 0.276. The van der Waals surface area contributed by atoms with E-state index in [1.54, 1.807) is 0 Å². The van der Waals surface area contributed by atoms with Crippen molar-refractivity contribution in [2.24, 2.45) is 0 Å². The number of halogens is 3. The lowest BCUT2D eigenvalue weighted by atomic mass is 10.3. The van der Waals surface area contributed by atoms with Crippen LogP contribution in [0.2, 0.25) is 0 Å². The van der Waals surface area contributed by atoms with Crippen LogP contribution in [0.4, 0.5) is 19.0 Å². The van der Waals surface area contributed by atoms with Gasteiger partial charge in [0, 0.05) is 13.0 Å². The first-order valence-corrected chi connectivity index (χ1v) is 4.12. The van der Waals surface area contributed by atoms with Crippen molar-refractivity contribution < 1.29 is 13.2 Å². The highest BCUT2D eigenvalue weighted by molar-refractivity contribution is 5.33. The Hall–Kier alpha value is -1.77. The van der Waals surface area contributed by atoms with Crippen molar-refractivity contribution in [2.75, 3.05) is 11.9 Å². The number of aromatic nitrogens is 2. The van der Waals surface area contributed by atoms with Crippen LogP contribution in [-0.2, 0) is 6.18 Å². The molecular weight excluding hydrogens is 207 g/mol. The number of nitrogens with zero attached hydrogens (tertiary/aromatic N) is 2. The summed E-state index contributed by atoms with van der Waals surface area (Å²) >= 11 is 0. The van der Waals surface area contributed by atoms with Crippen molar-refractivity contribution in [3.05, 3.63) is 17.8 Å². The maximum Gasteiger partial charge on any atom is 0.435 e. The van der Waals surface area contributed by atoms with Gasteiger partial charge >= 0.3 is 6.18 Å². The van der Waals surface area contributed by atoms with Crippen molar-refractivity contribution >= 4 is 5.82 Å². The molecule has 0 aromatic carbocycles. The van der Waals surface area contributed by atoms with Gasteiger partial charge in [-0.05, 0) is 12.1 Å². The van der Waals surface area contributed by atoms with E-state index < -0.39 is 11.9 Å². The number of nitrogens with one attached hydrogen (secondary N) is 1. The van der Waals surface area contributed by atoms with Crippen LogP contribution < -0.4 is 5.32 Å². The Morgan fingerprint density at radius 2 is 2.07 bits per heavy atom. The molecule has 15 heavy (non-hydrogen) atoms. The van der Waals surface area contributed by atoms with E-state index in [1.807, 2.05) is 0 Å². The highest BCUT2D eigenvalue weighted by atomic mass is 19.4. The SMILES string of the molecule is C#CCCNc1ccc(C(F)(F)F)nn1. The van der Waals surface area contributed by atoms with Crippen LogP contribution >= 0.6 is 0 Å². The van der Waals surface area contributed by atoms with Crippen LogP contribution in [0.1, 0.15) is 12.1 Å². The molecule has 80 valence electrons. The highest BCUT2D eigenvalue weighted by Crippen LogP contribution is 2.26. The van der Waals surface area contributed by atoms with E-state index in [0.29, 0.717) is 13.0 Å². The molecule has 6 heteroatoms. The fourth-order valence-electron chi connectivity index (χ4n) is 0.840. The molecule has 0 aliphatic carbocycles. The molecule has 0 aliphatic heterocycles. The van der Waals surface area contributed by atoms with Gasteiger partial charge in [-0.15, -0.1) is 22.5 Å². The first kappa shape index (κ1) is 11.3. The van der Waals surface area contributed by atoms with Crippen molar-refractivity contribution in [3.63, 3.8) is 0 Å². The molecule has 0 radical (unpaired) electrons. The predicted octanol–water partition coefficient (Wildman–Crippen LogP) is 1.93. The summed E-state index contributed by atoms with van der Waals surface area (Å²) in [5, 5.41) is 9.15. The van der Waals surface area contributed by atoms with Gasteiger partial charge in [-0.3, -0.25) is 0 Å². The molecule has 0 amide bonds. The highest BCUT2D eigenvalue weighted by Gasteiger charge is 2.32. The Morgan fingerprint density at radius 3 is 2.53 bits per heavy atom. The van der Waals surface area contributed by atoms with Gasteiger partial charge in [0.1, 0.15) is 5.82 Å². The van der Waals surface area contributed by atoms with E-state index in [2.05, 4.69) is 21.4 Å². The molecule has 0 saturated heterocycles. The maximum absolute atomic E-state index is 12.1. The zero-order valence-corrected chi connectivity index (χ0v) is 7.67. The van der Waals surface area contributed by atoms with Crippen LogP contribution in [0.5, 0.6) is 0 Å². The minimum Gasteiger partial charge on any atom is -0.368 e. The molecule has 0 bridgehead atoms. The summed E-state index contributed by atoms with van der Waals surface area (Å²) in [5.74, 6) is 2.66. The fourth-order valence-corrected chi connectivity index (χ4v) is 0.840. The molecule has 1 heterocycles. The molecule has 3 nitrogen and oxygen atoms in total. The summed E-state index contributed by atoms with van der Waals surface area (Å²) < 4.78 is 36.2. The lowest BCUT2D eigenvalue weighted by molar-refractivity contribution is -0.141. The average molecular weight is 215 g/mol. The molecule has 1 aromatic heterocycles. The van der Waals surface area contributed by atoms with Crippen molar-refractivity contribution in [2.45, 2.75) is 12.6 Å². The van der Waals surface area contributed by atoms with Gasteiger partial charge in [-0.25, -0.2) is 0 Å². The van der Waals surface area contributed by atoms with E-state index in [4.69, 9.17) is 6.42 Å². The number of rotatable bonds is 3. The Kier molecular flexibility index (Phi) is 3.50. The molecular formula is C9H8F3N3. The van der Waals surface area contributed by atoms with Gasteiger partial charge in [-0.2, -0.15) is 13.2 Å². The third-order valence-corrected chi connectivity index (χ3v) is 1.53. The minimum atomic E-state index is -4.45. The lowest BCUT2D eigenvalue weighted by Gasteiger charge is -2.05. The first-order valence-electron chi connectivity index (χ1n) is 4.12. The van der Waals surface area contributed by atoms with E-state index in [-0.39, 0.29) is 5.82 Å². The topological polar surface area (TPSA) is 37.8 Å². The van der Waals surface area contributed by atoms with Gasteiger partial charge in [-0.1, -0.05) is 0 Å². The van der Waals surface area contributed by atoms with Crippen LogP contribution in [-0.4, -0.2) is 16.7 Å². The Morgan fingerprint density at radius 1 is 1.33 bits per heavy atom. The number of anilines is 1. The predicted molar refractivity (Wildman–Crippen MR) is 49.0 cm³/mol. The Bertz CT molecular complexity index is 350. The van der Waals surface area contributed by atoms with E-state index >= 15 is 0 Å². The maximum atomic E-state index is 12.1. The summed E-state index contributed by atoms with van der Waals surface area (Å²) in [7, 11) is 0. The largest absolute Gasteiger partial charge is 0.435 e. The second kappa shape index (κ2) is 4.64.